The van der Waals surface area contributed by atoms with Crippen molar-refractivity contribution >= 4 is 11.3 Å². The van der Waals surface area contributed by atoms with Crippen LogP contribution in [-0.4, -0.2) is 18.1 Å². The smallest absolute Gasteiger partial charge is 0.0928 e. The van der Waals surface area contributed by atoms with Gasteiger partial charge >= 0.3 is 0 Å². The van der Waals surface area contributed by atoms with Crippen molar-refractivity contribution in [1.82, 2.24) is 10.3 Å². The summed E-state index contributed by atoms with van der Waals surface area (Å²) < 4.78 is 0. The van der Waals surface area contributed by atoms with Gasteiger partial charge in [0.25, 0.3) is 0 Å². The van der Waals surface area contributed by atoms with Crippen molar-refractivity contribution in [2.24, 2.45) is 5.92 Å². The van der Waals surface area contributed by atoms with Gasteiger partial charge in [-0.25, -0.2) is 4.98 Å². The molecule has 1 atom stereocenters. The molecule has 0 spiro atoms. The second-order valence-electron chi connectivity index (χ2n) is 3.21. The Labute approximate surface area is 84.4 Å². The van der Waals surface area contributed by atoms with Gasteiger partial charge in [0.05, 0.1) is 5.01 Å². The Bertz CT molecular complexity index is 209. The molecule has 1 heterocycles. The lowest BCUT2D eigenvalue weighted by Gasteiger charge is -2.12. The highest BCUT2D eigenvalue weighted by Gasteiger charge is 2.07. The third-order valence-corrected chi connectivity index (χ3v) is 3.01. The molecule has 0 aliphatic rings. The maximum absolute atomic E-state index is 4.30. The summed E-state index contributed by atoms with van der Waals surface area (Å²) in [6.45, 7) is 6.58. The van der Waals surface area contributed by atoms with Crippen molar-refractivity contribution < 1.29 is 0 Å². The number of rotatable bonds is 6. The first-order valence-corrected chi connectivity index (χ1v) is 5.83. The third-order valence-electron chi connectivity index (χ3n) is 2.21. The van der Waals surface area contributed by atoms with Gasteiger partial charge in [-0.3, -0.25) is 0 Å². The number of aromatic nitrogens is 1. The zero-order chi connectivity index (χ0) is 9.52. The van der Waals surface area contributed by atoms with Crippen molar-refractivity contribution in [3.8, 4) is 0 Å². The fourth-order valence-electron chi connectivity index (χ4n) is 1.31. The number of thiazole rings is 1. The molecule has 1 unspecified atom stereocenters. The maximum atomic E-state index is 4.30. The van der Waals surface area contributed by atoms with E-state index < -0.39 is 0 Å². The predicted molar refractivity (Wildman–Crippen MR) is 58.1 cm³/mol. The minimum atomic E-state index is 0.742. The van der Waals surface area contributed by atoms with Gasteiger partial charge in [-0.1, -0.05) is 20.3 Å². The molecule has 1 N–H and O–H groups in total. The van der Waals surface area contributed by atoms with E-state index in [1.165, 1.54) is 11.4 Å². The summed E-state index contributed by atoms with van der Waals surface area (Å²) in [6, 6.07) is 0. The van der Waals surface area contributed by atoms with Crippen LogP contribution in [-0.2, 0) is 6.42 Å². The minimum absolute atomic E-state index is 0.742. The van der Waals surface area contributed by atoms with Crippen LogP contribution in [0.15, 0.2) is 11.6 Å². The van der Waals surface area contributed by atoms with Crippen molar-refractivity contribution in [2.75, 3.05) is 13.1 Å². The minimum Gasteiger partial charge on any atom is -0.317 e. The molecular formula is C10H18N2S. The Morgan fingerprint density at radius 3 is 2.92 bits per heavy atom. The van der Waals surface area contributed by atoms with E-state index in [-0.39, 0.29) is 0 Å². The van der Waals surface area contributed by atoms with Crippen LogP contribution in [0.1, 0.15) is 25.3 Å². The predicted octanol–water partition coefficient (Wildman–Crippen LogP) is 2.32. The molecule has 0 saturated carbocycles. The van der Waals surface area contributed by atoms with E-state index in [4.69, 9.17) is 0 Å². The third kappa shape index (κ3) is 3.87. The Morgan fingerprint density at radius 2 is 2.38 bits per heavy atom. The zero-order valence-electron chi connectivity index (χ0n) is 8.42. The largest absolute Gasteiger partial charge is 0.317 e. The molecule has 0 aliphatic heterocycles. The molecule has 1 aromatic heterocycles. The van der Waals surface area contributed by atoms with E-state index in [2.05, 4.69) is 29.5 Å². The van der Waals surface area contributed by atoms with Crippen LogP contribution < -0.4 is 5.32 Å². The first-order valence-electron chi connectivity index (χ1n) is 4.95. The van der Waals surface area contributed by atoms with E-state index in [1.54, 1.807) is 11.3 Å². The number of hydrogen-bond acceptors (Lipinski definition) is 3. The number of nitrogens with zero attached hydrogens (tertiary/aromatic N) is 1. The van der Waals surface area contributed by atoms with Crippen molar-refractivity contribution in [1.29, 1.82) is 0 Å². The van der Waals surface area contributed by atoms with Crippen LogP contribution in [0.25, 0.3) is 0 Å². The monoisotopic (exact) mass is 198 g/mol. The standard InChI is InChI=1S/C10H18N2S/c1-3-9(8-11-4-2)7-10-12-5-6-13-10/h5-6,9,11H,3-4,7-8H2,1-2H3. The molecule has 0 aliphatic carbocycles. The van der Waals surface area contributed by atoms with Crippen LogP contribution in [0.3, 0.4) is 0 Å². The normalized spacial score (nSPS) is 13.1. The number of hydrogen-bond donors (Lipinski definition) is 1. The fraction of sp³-hybridized carbons (Fsp3) is 0.700. The lowest BCUT2D eigenvalue weighted by molar-refractivity contribution is 0.466. The molecule has 74 valence electrons. The highest BCUT2D eigenvalue weighted by molar-refractivity contribution is 7.09. The first kappa shape index (κ1) is 10.7. The Morgan fingerprint density at radius 1 is 1.54 bits per heavy atom. The molecule has 0 fully saturated rings. The maximum Gasteiger partial charge on any atom is 0.0928 e. The Balaban J connectivity index is 2.31. The quantitative estimate of drug-likeness (QED) is 0.759. The summed E-state index contributed by atoms with van der Waals surface area (Å²) in [7, 11) is 0. The van der Waals surface area contributed by atoms with Gasteiger partial charge in [-0.2, -0.15) is 0 Å². The van der Waals surface area contributed by atoms with Crippen molar-refractivity contribution in [3.63, 3.8) is 0 Å². The van der Waals surface area contributed by atoms with E-state index in [9.17, 15) is 0 Å². The van der Waals surface area contributed by atoms with Crippen LogP contribution in [0.2, 0.25) is 0 Å². The lowest BCUT2D eigenvalue weighted by Crippen LogP contribution is -2.23. The summed E-state index contributed by atoms with van der Waals surface area (Å²) in [5, 5.41) is 6.71. The highest BCUT2D eigenvalue weighted by atomic mass is 32.1. The van der Waals surface area contributed by atoms with Gasteiger partial charge in [0.2, 0.25) is 0 Å². The topological polar surface area (TPSA) is 24.9 Å². The van der Waals surface area contributed by atoms with Crippen molar-refractivity contribution in [3.05, 3.63) is 16.6 Å². The van der Waals surface area contributed by atoms with E-state index in [0.29, 0.717) is 0 Å². The zero-order valence-corrected chi connectivity index (χ0v) is 9.23. The van der Waals surface area contributed by atoms with Gasteiger partial charge in [0.1, 0.15) is 0 Å². The van der Waals surface area contributed by atoms with Gasteiger partial charge in [0, 0.05) is 18.0 Å². The van der Waals surface area contributed by atoms with Crippen molar-refractivity contribution in [2.45, 2.75) is 26.7 Å². The average Bonchev–Trinajstić information content (AvgIpc) is 2.64. The molecule has 13 heavy (non-hydrogen) atoms. The molecule has 0 amide bonds. The van der Waals surface area contributed by atoms with Gasteiger partial charge in [0.15, 0.2) is 0 Å². The van der Waals surface area contributed by atoms with Crippen LogP contribution in [0, 0.1) is 5.92 Å². The summed E-state index contributed by atoms with van der Waals surface area (Å²) in [5.74, 6) is 0.742. The summed E-state index contributed by atoms with van der Waals surface area (Å²) in [6.07, 6.45) is 4.24. The lowest BCUT2D eigenvalue weighted by atomic mass is 10.0. The van der Waals surface area contributed by atoms with Gasteiger partial charge in [-0.15, -0.1) is 11.3 Å². The van der Waals surface area contributed by atoms with Crippen LogP contribution >= 0.6 is 11.3 Å². The molecule has 2 nitrogen and oxygen atoms in total. The molecule has 1 aromatic rings. The highest BCUT2D eigenvalue weighted by Crippen LogP contribution is 2.13. The van der Waals surface area contributed by atoms with E-state index in [0.717, 1.165) is 25.4 Å². The average molecular weight is 198 g/mol. The molecule has 1 rings (SSSR count). The molecule has 0 bridgehead atoms. The Hall–Kier alpha value is -0.410. The second kappa shape index (κ2) is 6.11. The Kier molecular flexibility index (Phi) is 5.01. The second-order valence-corrected chi connectivity index (χ2v) is 4.19. The molecule has 3 heteroatoms. The number of nitrogens with one attached hydrogen (secondary N) is 1. The first-order chi connectivity index (χ1) is 6.36. The summed E-state index contributed by atoms with van der Waals surface area (Å²) in [5.41, 5.74) is 0. The van der Waals surface area contributed by atoms with E-state index in [1.807, 2.05) is 6.20 Å². The van der Waals surface area contributed by atoms with Crippen LogP contribution in [0.4, 0.5) is 0 Å². The molecule has 0 radical (unpaired) electrons. The molecule has 0 aromatic carbocycles. The SMILES string of the molecule is CCNCC(CC)Cc1nccs1. The summed E-state index contributed by atoms with van der Waals surface area (Å²) >= 11 is 1.76. The van der Waals surface area contributed by atoms with Gasteiger partial charge in [-0.05, 0) is 19.0 Å². The molecule has 0 saturated heterocycles. The van der Waals surface area contributed by atoms with Crippen LogP contribution in [0.5, 0.6) is 0 Å². The van der Waals surface area contributed by atoms with Gasteiger partial charge < -0.3 is 5.32 Å². The fourth-order valence-corrected chi connectivity index (χ4v) is 2.04. The summed E-state index contributed by atoms with van der Waals surface area (Å²) in [4.78, 5) is 4.30. The van der Waals surface area contributed by atoms with E-state index >= 15 is 0 Å². The molecular weight excluding hydrogens is 180 g/mol.